The lowest BCUT2D eigenvalue weighted by Crippen LogP contribution is -2.07. The summed E-state index contributed by atoms with van der Waals surface area (Å²) in [6, 6.07) is 16.7. The van der Waals surface area contributed by atoms with Gasteiger partial charge in [-0.1, -0.05) is 30.3 Å². The minimum atomic E-state index is -0.215. The molecule has 0 aliphatic heterocycles. The van der Waals surface area contributed by atoms with Gasteiger partial charge >= 0.3 is 0 Å². The molecule has 0 fully saturated rings. The van der Waals surface area contributed by atoms with E-state index in [2.05, 4.69) is 17.2 Å². The first kappa shape index (κ1) is 12.6. The molecule has 0 bridgehead atoms. The summed E-state index contributed by atoms with van der Waals surface area (Å²) in [4.78, 5) is 4.42. The van der Waals surface area contributed by atoms with E-state index in [0.29, 0.717) is 0 Å². The molecular weight excluding hydrogens is 251 g/mol. The molecule has 1 N–H and O–H groups in total. The van der Waals surface area contributed by atoms with Crippen molar-refractivity contribution in [3.63, 3.8) is 0 Å². The Labute approximate surface area is 117 Å². The van der Waals surface area contributed by atoms with E-state index < -0.39 is 0 Å². The Morgan fingerprint density at radius 2 is 1.75 bits per heavy atom. The number of rotatable bonds is 3. The Morgan fingerprint density at radius 3 is 2.55 bits per heavy atom. The maximum atomic E-state index is 13.0. The second-order valence-electron chi connectivity index (χ2n) is 4.80. The maximum absolute atomic E-state index is 13.0. The van der Waals surface area contributed by atoms with Gasteiger partial charge in [-0.3, -0.25) is 4.98 Å². The van der Waals surface area contributed by atoms with Crippen molar-refractivity contribution in [3.05, 3.63) is 72.2 Å². The predicted octanol–water partition coefficient (Wildman–Crippen LogP) is 4.55. The highest BCUT2D eigenvalue weighted by atomic mass is 19.1. The molecule has 0 aliphatic rings. The van der Waals surface area contributed by atoms with Crippen molar-refractivity contribution in [1.82, 2.24) is 4.98 Å². The van der Waals surface area contributed by atoms with Crippen molar-refractivity contribution in [3.8, 4) is 0 Å². The van der Waals surface area contributed by atoms with Crippen molar-refractivity contribution in [2.75, 3.05) is 5.32 Å². The highest BCUT2D eigenvalue weighted by Crippen LogP contribution is 2.25. The lowest BCUT2D eigenvalue weighted by Gasteiger charge is -2.16. The molecule has 0 radical (unpaired) electrons. The van der Waals surface area contributed by atoms with E-state index in [1.54, 1.807) is 18.3 Å². The van der Waals surface area contributed by atoms with Gasteiger partial charge in [0.1, 0.15) is 5.82 Å². The van der Waals surface area contributed by atoms with Gasteiger partial charge in [0.2, 0.25) is 0 Å². The summed E-state index contributed by atoms with van der Waals surface area (Å²) < 4.78 is 13.0. The number of aromatic nitrogens is 1. The molecule has 100 valence electrons. The Balaban J connectivity index is 1.91. The zero-order valence-corrected chi connectivity index (χ0v) is 11.2. The molecule has 2 aromatic carbocycles. The van der Waals surface area contributed by atoms with Crippen molar-refractivity contribution < 1.29 is 4.39 Å². The van der Waals surface area contributed by atoms with E-state index >= 15 is 0 Å². The number of anilines is 1. The zero-order valence-electron chi connectivity index (χ0n) is 11.2. The summed E-state index contributed by atoms with van der Waals surface area (Å²) in [6.45, 7) is 2.05. The van der Waals surface area contributed by atoms with Crippen molar-refractivity contribution in [1.29, 1.82) is 0 Å². The largest absolute Gasteiger partial charge is 0.377 e. The second-order valence-corrected chi connectivity index (χ2v) is 4.80. The molecule has 0 aliphatic carbocycles. The van der Waals surface area contributed by atoms with E-state index in [1.165, 1.54) is 12.1 Å². The molecule has 0 saturated carbocycles. The Morgan fingerprint density at radius 1 is 1.00 bits per heavy atom. The van der Waals surface area contributed by atoms with Crippen LogP contribution >= 0.6 is 0 Å². The number of hydrogen-bond donors (Lipinski definition) is 1. The van der Waals surface area contributed by atoms with Crippen LogP contribution in [0.1, 0.15) is 18.5 Å². The van der Waals surface area contributed by atoms with Crippen LogP contribution in [-0.2, 0) is 0 Å². The van der Waals surface area contributed by atoms with E-state index in [4.69, 9.17) is 0 Å². The minimum Gasteiger partial charge on any atom is -0.377 e. The lowest BCUT2D eigenvalue weighted by molar-refractivity contribution is 0.626. The van der Waals surface area contributed by atoms with Gasteiger partial charge < -0.3 is 5.32 Å². The van der Waals surface area contributed by atoms with Crippen LogP contribution in [0, 0.1) is 5.82 Å². The fourth-order valence-corrected chi connectivity index (χ4v) is 2.29. The molecule has 3 heteroatoms. The standard InChI is InChI=1S/C17H15FN2/c1-12(13-7-9-15(18)10-8-13)20-16-6-2-4-14-5-3-11-19-17(14)16/h2-12,20H,1H3. The van der Waals surface area contributed by atoms with Gasteiger partial charge in [-0.2, -0.15) is 0 Å². The molecule has 0 spiro atoms. The van der Waals surface area contributed by atoms with Crippen molar-refractivity contribution in [2.24, 2.45) is 0 Å². The van der Waals surface area contributed by atoms with Crippen LogP contribution in [0.3, 0.4) is 0 Å². The molecule has 1 unspecified atom stereocenters. The molecule has 0 saturated heterocycles. The summed E-state index contributed by atoms with van der Waals surface area (Å²) in [5.74, 6) is -0.215. The van der Waals surface area contributed by atoms with Crippen molar-refractivity contribution >= 4 is 16.6 Å². The monoisotopic (exact) mass is 266 g/mol. The second kappa shape index (κ2) is 5.29. The predicted molar refractivity (Wildman–Crippen MR) is 80.2 cm³/mol. The molecule has 0 amide bonds. The van der Waals surface area contributed by atoms with Crippen LogP contribution in [0.25, 0.3) is 10.9 Å². The summed E-state index contributed by atoms with van der Waals surface area (Å²) in [5.41, 5.74) is 2.98. The first-order valence-electron chi connectivity index (χ1n) is 6.60. The smallest absolute Gasteiger partial charge is 0.123 e. The van der Waals surface area contributed by atoms with Gasteiger partial charge in [-0.15, -0.1) is 0 Å². The fourth-order valence-electron chi connectivity index (χ4n) is 2.29. The summed E-state index contributed by atoms with van der Waals surface area (Å²) in [5, 5.41) is 4.54. The number of pyridine rings is 1. The van der Waals surface area contributed by atoms with Gasteiger partial charge in [0.05, 0.1) is 11.2 Å². The zero-order chi connectivity index (χ0) is 13.9. The number of halogens is 1. The van der Waals surface area contributed by atoms with Gasteiger partial charge in [0.25, 0.3) is 0 Å². The third kappa shape index (κ3) is 2.48. The highest BCUT2D eigenvalue weighted by Gasteiger charge is 2.08. The van der Waals surface area contributed by atoms with Crippen LogP contribution in [0.5, 0.6) is 0 Å². The molecular formula is C17H15FN2. The molecule has 2 nitrogen and oxygen atoms in total. The van der Waals surface area contributed by atoms with E-state index in [1.807, 2.05) is 30.3 Å². The van der Waals surface area contributed by atoms with Crippen LogP contribution in [-0.4, -0.2) is 4.98 Å². The molecule has 1 aromatic heterocycles. The summed E-state index contributed by atoms with van der Waals surface area (Å²) in [7, 11) is 0. The highest BCUT2D eigenvalue weighted by molar-refractivity contribution is 5.90. The van der Waals surface area contributed by atoms with Gasteiger partial charge in [-0.05, 0) is 36.8 Å². The molecule has 20 heavy (non-hydrogen) atoms. The SMILES string of the molecule is CC(Nc1cccc2cccnc12)c1ccc(F)cc1. The Hall–Kier alpha value is -2.42. The third-order valence-electron chi connectivity index (χ3n) is 3.37. The van der Waals surface area contributed by atoms with Gasteiger partial charge in [0.15, 0.2) is 0 Å². The number of nitrogens with zero attached hydrogens (tertiary/aromatic N) is 1. The van der Waals surface area contributed by atoms with Crippen LogP contribution in [0.2, 0.25) is 0 Å². The minimum absolute atomic E-state index is 0.0863. The maximum Gasteiger partial charge on any atom is 0.123 e. The number of hydrogen-bond acceptors (Lipinski definition) is 2. The summed E-state index contributed by atoms with van der Waals surface area (Å²) >= 11 is 0. The Bertz CT molecular complexity index is 717. The third-order valence-corrected chi connectivity index (χ3v) is 3.37. The normalized spacial score (nSPS) is 12.3. The Kier molecular flexibility index (Phi) is 3.33. The molecule has 3 rings (SSSR count). The number of fused-ring (bicyclic) bond motifs is 1. The molecule has 1 heterocycles. The van der Waals surface area contributed by atoms with Gasteiger partial charge in [0, 0.05) is 17.6 Å². The molecule has 3 aromatic rings. The van der Waals surface area contributed by atoms with Crippen LogP contribution < -0.4 is 5.32 Å². The lowest BCUT2D eigenvalue weighted by atomic mass is 10.1. The fraction of sp³-hybridized carbons (Fsp3) is 0.118. The van der Waals surface area contributed by atoms with E-state index in [-0.39, 0.29) is 11.9 Å². The van der Waals surface area contributed by atoms with Gasteiger partial charge in [-0.25, -0.2) is 4.39 Å². The van der Waals surface area contributed by atoms with E-state index in [9.17, 15) is 4.39 Å². The van der Waals surface area contributed by atoms with Crippen LogP contribution in [0.15, 0.2) is 60.8 Å². The average Bonchev–Trinajstić information content (AvgIpc) is 2.48. The number of nitrogens with one attached hydrogen (secondary N) is 1. The first-order chi connectivity index (χ1) is 9.74. The first-order valence-corrected chi connectivity index (χ1v) is 6.60. The number of benzene rings is 2. The average molecular weight is 266 g/mol. The topological polar surface area (TPSA) is 24.9 Å². The van der Waals surface area contributed by atoms with E-state index in [0.717, 1.165) is 22.2 Å². The number of para-hydroxylation sites is 1. The van der Waals surface area contributed by atoms with Crippen molar-refractivity contribution in [2.45, 2.75) is 13.0 Å². The van der Waals surface area contributed by atoms with Crippen LogP contribution in [0.4, 0.5) is 10.1 Å². The molecule has 1 atom stereocenters. The quantitative estimate of drug-likeness (QED) is 0.752. The summed E-state index contributed by atoms with van der Waals surface area (Å²) in [6.07, 6.45) is 1.79.